The van der Waals surface area contributed by atoms with Crippen LogP contribution in [-0.4, -0.2) is 49.1 Å². The molecule has 0 saturated carbocycles. The third kappa shape index (κ3) is 4.47. The van der Waals surface area contributed by atoms with Crippen molar-refractivity contribution in [3.8, 4) is 0 Å². The van der Waals surface area contributed by atoms with Crippen LogP contribution >= 0.6 is 0 Å². The van der Waals surface area contributed by atoms with Gasteiger partial charge in [0.2, 0.25) is 5.91 Å². The third-order valence-electron chi connectivity index (χ3n) is 3.98. The number of amides is 1. The fourth-order valence-corrected chi connectivity index (χ4v) is 2.71. The molecule has 1 amide bonds. The number of rotatable bonds is 4. The summed E-state index contributed by atoms with van der Waals surface area (Å²) in [6.45, 7) is 4.30. The molecular formula is C15H25N5O2. The number of likely N-dealkylation sites (tertiary alicyclic amines) is 1. The van der Waals surface area contributed by atoms with E-state index in [1.54, 1.807) is 14.1 Å². The maximum atomic E-state index is 11.4. The molecule has 0 bridgehead atoms. The fourth-order valence-electron chi connectivity index (χ4n) is 2.71. The lowest BCUT2D eigenvalue weighted by atomic mass is 9.93. The summed E-state index contributed by atoms with van der Waals surface area (Å²) in [6, 6.07) is 1.91. The minimum absolute atomic E-state index is 0.127. The molecule has 1 aromatic heterocycles. The van der Waals surface area contributed by atoms with Gasteiger partial charge in [-0.15, -0.1) is 0 Å². The fraction of sp³-hybridized carbons (Fsp3) is 0.667. The van der Waals surface area contributed by atoms with Crippen molar-refractivity contribution in [2.24, 2.45) is 10.9 Å². The van der Waals surface area contributed by atoms with Gasteiger partial charge in [0.1, 0.15) is 0 Å². The molecule has 122 valence electrons. The summed E-state index contributed by atoms with van der Waals surface area (Å²) in [5, 5.41) is 9.86. The molecule has 2 heterocycles. The molecule has 1 saturated heterocycles. The zero-order chi connectivity index (χ0) is 15.9. The summed E-state index contributed by atoms with van der Waals surface area (Å²) in [4.78, 5) is 18.0. The standard InChI is InChI=1S/C15H25N5O2/c1-11-8-13(22-19-11)10-18-15(17-3)20-6-4-12(5-7-20)9-14(21)16-2/h8,12H,4-7,9-10H2,1-3H3,(H,16,21)(H,17,18). The lowest BCUT2D eigenvalue weighted by molar-refractivity contribution is -0.121. The first-order valence-corrected chi connectivity index (χ1v) is 7.70. The van der Waals surface area contributed by atoms with Crippen molar-refractivity contribution in [2.75, 3.05) is 27.2 Å². The summed E-state index contributed by atoms with van der Waals surface area (Å²) >= 11 is 0. The molecule has 0 spiro atoms. The third-order valence-corrected chi connectivity index (χ3v) is 3.98. The molecule has 1 aliphatic rings. The maximum Gasteiger partial charge on any atom is 0.220 e. The van der Waals surface area contributed by atoms with Crippen LogP contribution in [0.25, 0.3) is 0 Å². The Morgan fingerprint density at radius 2 is 2.23 bits per heavy atom. The van der Waals surface area contributed by atoms with Crippen molar-refractivity contribution in [2.45, 2.75) is 32.7 Å². The molecule has 1 aliphatic heterocycles. The Morgan fingerprint density at radius 1 is 1.50 bits per heavy atom. The Labute approximate surface area is 131 Å². The number of nitrogens with zero attached hydrogens (tertiary/aromatic N) is 3. The van der Waals surface area contributed by atoms with E-state index in [4.69, 9.17) is 4.52 Å². The van der Waals surface area contributed by atoms with Crippen molar-refractivity contribution in [1.29, 1.82) is 0 Å². The van der Waals surface area contributed by atoms with E-state index in [1.165, 1.54) is 0 Å². The van der Waals surface area contributed by atoms with Gasteiger partial charge in [0.15, 0.2) is 11.7 Å². The van der Waals surface area contributed by atoms with Gasteiger partial charge in [0.25, 0.3) is 0 Å². The second kappa shape index (κ2) is 7.82. The Kier molecular flexibility index (Phi) is 5.80. The van der Waals surface area contributed by atoms with E-state index >= 15 is 0 Å². The minimum atomic E-state index is 0.127. The number of aromatic nitrogens is 1. The normalized spacial score (nSPS) is 16.7. The monoisotopic (exact) mass is 307 g/mol. The van der Waals surface area contributed by atoms with Gasteiger partial charge in [-0.3, -0.25) is 9.79 Å². The Bertz CT molecular complexity index is 518. The van der Waals surface area contributed by atoms with Crippen molar-refractivity contribution < 1.29 is 9.32 Å². The van der Waals surface area contributed by atoms with Crippen molar-refractivity contribution >= 4 is 11.9 Å². The van der Waals surface area contributed by atoms with Crippen molar-refractivity contribution in [1.82, 2.24) is 20.7 Å². The molecular weight excluding hydrogens is 282 g/mol. The molecule has 0 radical (unpaired) electrons. The van der Waals surface area contributed by atoms with Gasteiger partial charge in [-0.2, -0.15) is 0 Å². The molecule has 0 aliphatic carbocycles. The molecule has 1 aromatic rings. The minimum Gasteiger partial charge on any atom is -0.359 e. The first-order valence-electron chi connectivity index (χ1n) is 7.70. The maximum absolute atomic E-state index is 11.4. The summed E-state index contributed by atoms with van der Waals surface area (Å²) in [5.74, 6) is 2.26. The van der Waals surface area contributed by atoms with Crippen LogP contribution in [0.3, 0.4) is 0 Å². The molecule has 22 heavy (non-hydrogen) atoms. The molecule has 2 N–H and O–H groups in total. The van der Waals surface area contributed by atoms with Crippen LogP contribution in [0.2, 0.25) is 0 Å². The summed E-state index contributed by atoms with van der Waals surface area (Å²) < 4.78 is 5.19. The first kappa shape index (κ1) is 16.3. The Morgan fingerprint density at radius 3 is 2.77 bits per heavy atom. The molecule has 0 atom stereocenters. The average Bonchev–Trinajstić information content (AvgIpc) is 2.95. The van der Waals surface area contributed by atoms with E-state index < -0.39 is 0 Å². The summed E-state index contributed by atoms with van der Waals surface area (Å²) in [5.41, 5.74) is 0.877. The zero-order valence-electron chi connectivity index (χ0n) is 13.6. The van der Waals surface area contributed by atoms with Crippen LogP contribution in [0, 0.1) is 12.8 Å². The van der Waals surface area contributed by atoms with E-state index in [0.717, 1.165) is 43.3 Å². The summed E-state index contributed by atoms with van der Waals surface area (Å²) in [7, 11) is 3.47. The zero-order valence-corrected chi connectivity index (χ0v) is 13.6. The Balaban J connectivity index is 1.79. The number of hydrogen-bond donors (Lipinski definition) is 2. The van der Waals surface area contributed by atoms with Crippen LogP contribution in [0.1, 0.15) is 30.7 Å². The second-order valence-corrected chi connectivity index (χ2v) is 5.64. The van der Waals surface area contributed by atoms with Gasteiger partial charge in [0, 0.05) is 39.7 Å². The number of guanidine groups is 1. The van der Waals surface area contributed by atoms with Gasteiger partial charge >= 0.3 is 0 Å². The van der Waals surface area contributed by atoms with Gasteiger partial charge in [-0.1, -0.05) is 5.16 Å². The highest BCUT2D eigenvalue weighted by atomic mass is 16.5. The van der Waals surface area contributed by atoms with E-state index in [1.807, 2.05) is 13.0 Å². The smallest absolute Gasteiger partial charge is 0.220 e. The highest BCUT2D eigenvalue weighted by Crippen LogP contribution is 2.20. The van der Waals surface area contributed by atoms with E-state index in [0.29, 0.717) is 18.9 Å². The number of aryl methyl sites for hydroxylation is 1. The van der Waals surface area contributed by atoms with Crippen LogP contribution in [0.5, 0.6) is 0 Å². The molecule has 2 rings (SSSR count). The van der Waals surface area contributed by atoms with Crippen LogP contribution < -0.4 is 10.6 Å². The largest absolute Gasteiger partial charge is 0.359 e. The van der Waals surface area contributed by atoms with Crippen LogP contribution in [-0.2, 0) is 11.3 Å². The lowest BCUT2D eigenvalue weighted by Gasteiger charge is -2.33. The highest BCUT2D eigenvalue weighted by molar-refractivity contribution is 5.80. The molecule has 7 heteroatoms. The van der Waals surface area contributed by atoms with Gasteiger partial charge < -0.3 is 20.1 Å². The quantitative estimate of drug-likeness (QED) is 0.638. The second-order valence-electron chi connectivity index (χ2n) is 5.64. The highest BCUT2D eigenvalue weighted by Gasteiger charge is 2.23. The van der Waals surface area contributed by atoms with Crippen LogP contribution in [0.4, 0.5) is 0 Å². The summed E-state index contributed by atoms with van der Waals surface area (Å²) in [6.07, 6.45) is 2.64. The van der Waals surface area contributed by atoms with Crippen LogP contribution in [0.15, 0.2) is 15.6 Å². The van der Waals surface area contributed by atoms with E-state index in [2.05, 4.69) is 25.7 Å². The number of nitrogens with one attached hydrogen (secondary N) is 2. The first-order chi connectivity index (χ1) is 10.6. The molecule has 7 nitrogen and oxygen atoms in total. The van der Waals surface area contributed by atoms with E-state index in [-0.39, 0.29) is 5.91 Å². The number of piperidine rings is 1. The number of carbonyl (C=O) groups is 1. The SMILES string of the molecule is CN=C(NCc1cc(C)no1)N1CCC(CC(=O)NC)CC1. The number of aliphatic imine (C=N–C) groups is 1. The van der Waals surface area contributed by atoms with Crippen molar-refractivity contribution in [3.05, 3.63) is 17.5 Å². The predicted octanol–water partition coefficient (Wildman–Crippen LogP) is 0.907. The molecule has 1 fully saturated rings. The molecule has 0 aromatic carbocycles. The van der Waals surface area contributed by atoms with Gasteiger partial charge in [0.05, 0.1) is 12.2 Å². The Hall–Kier alpha value is -2.05. The van der Waals surface area contributed by atoms with Gasteiger partial charge in [-0.25, -0.2) is 0 Å². The van der Waals surface area contributed by atoms with Gasteiger partial charge in [-0.05, 0) is 25.7 Å². The topological polar surface area (TPSA) is 82.8 Å². The van der Waals surface area contributed by atoms with Crippen molar-refractivity contribution in [3.63, 3.8) is 0 Å². The lowest BCUT2D eigenvalue weighted by Crippen LogP contribution is -2.45. The number of hydrogen-bond acceptors (Lipinski definition) is 4. The predicted molar refractivity (Wildman–Crippen MR) is 84.4 cm³/mol. The molecule has 0 unspecified atom stereocenters. The average molecular weight is 307 g/mol. The number of carbonyl (C=O) groups excluding carboxylic acids is 1. The van der Waals surface area contributed by atoms with E-state index in [9.17, 15) is 4.79 Å².